The van der Waals surface area contributed by atoms with Gasteiger partial charge in [0, 0.05) is 0 Å². The molecule has 4 heteroatoms. The van der Waals surface area contributed by atoms with Crippen LogP contribution in [0.25, 0.3) is 11.1 Å². The SMILES string of the molecule is COc1cccc2oc(C(N)CC(C)C)nc12. The molecule has 1 aromatic carbocycles. The summed E-state index contributed by atoms with van der Waals surface area (Å²) in [5, 5.41) is 0. The standard InChI is InChI=1S/C13H18N2O2/c1-8(2)7-9(14)13-15-12-10(16-3)5-4-6-11(12)17-13/h4-6,8-9H,7,14H2,1-3H3. The highest BCUT2D eigenvalue weighted by Crippen LogP contribution is 2.28. The molecule has 1 heterocycles. The largest absolute Gasteiger partial charge is 0.494 e. The third-order valence-corrected chi connectivity index (χ3v) is 2.66. The lowest BCUT2D eigenvalue weighted by Gasteiger charge is -2.09. The van der Waals surface area contributed by atoms with E-state index in [0.717, 1.165) is 17.5 Å². The smallest absolute Gasteiger partial charge is 0.212 e. The molecule has 0 radical (unpaired) electrons. The maximum Gasteiger partial charge on any atom is 0.212 e. The fourth-order valence-electron chi connectivity index (χ4n) is 1.87. The van der Waals surface area contributed by atoms with Crippen molar-refractivity contribution in [2.24, 2.45) is 11.7 Å². The fraction of sp³-hybridized carbons (Fsp3) is 0.462. The molecule has 17 heavy (non-hydrogen) atoms. The number of nitrogens with two attached hydrogens (primary N) is 1. The van der Waals surface area contributed by atoms with Gasteiger partial charge < -0.3 is 14.9 Å². The number of fused-ring (bicyclic) bond motifs is 1. The van der Waals surface area contributed by atoms with Crippen LogP contribution in [-0.2, 0) is 0 Å². The molecule has 0 aliphatic carbocycles. The van der Waals surface area contributed by atoms with E-state index in [1.165, 1.54) is 0 Å². The minimum absolute atomic E-state index is 0.160. The van der Waals surface area contributed by atoms with Crippen LogP contribution in [-0.4, -0.2) is 12.1 Å². The van der Waals surface area contributed by atoms with Gasteiger partial charge in [-0.15, -0.1) is 0 Å². The second kappa shape index (κ2) is 4.75. The summed E-state index contributed by atoms with van der Waals surface area (Å²) in [6, 6.07) is 5.45. The van der Waals surface area contributed by atoms with E-state index in [-0.39, 0.29) is 6.04 Å². The van der Waals surface area contributed by atoms with Crippen molar-refractivity contribution in [1.82, 2.24) is 4.98 Å². The molecule has 0 saturated heterocycles. The minimum atomic E-state index is -0.160. The second-order valence-corrected chi connectivity index (χ2v) is 4.60. The zero-order valence-corrected chi connectivity index (χ0v) is 10.4. The molecule has 0 amide bonds. The molecule has 0 aliphatic heterocycles. The zero-order valence-electron chi connectivity index (χ0n) is 10.4. The van der Waals surface area contributed by atoms with Crippen LogP contribution in [0.2, 0.25) is 0 Å². The quantitative estimate of drug-likeness (QED) is 0.883. The number of oxazole rings is 1. The van der Waals surface area contributed by atoms with Crippen LogP contribution in [0.4, 0.5) is 0 Å². The van der Waals surface area contributed by atoms with Gasteiger partial charge in [0.15, 0.2) is 11.1 Å². The van der Waals surface area contributed by atoms with Crippen LogP contribution in [0.1, 0.15) is 32.2 Å². The van der Waals surface area contributed by atoms with Gasteiger partial charge in [-0.25, -0.2) is 4.98 Å². The summed E-state index contributed by atoms with van der Waals surface area (Å²) >= 11 is 0. The molecule has 4 nitrogen and oxygen atoms in total. The van der Waals surface area contributed by atoms with Gasteiger partial charge in [-0.3, -0.25) is 0 Å². The molecular weight excluding hydrogens is 216 g/mol. The van der Waals surface area contributed by atoms with Crippen LogP contribution in [0, 0.1) is 5.92 Å². The van der Waals surface area contributed by atoms with Crippen molar-refractivity contribution in [1.29, 1.82) is 0 Å². The van der Waals surface area contributed by atoms with Crippen LogP contribution in [0.5, 0.6) is 5.75 Å². The molecule has 2 aromatic rings. The summed E-state index contributed by atoms with van der Waals surface area (Å²) in [6.07, 6.45) is 0.856. The predicted molar refractivity (Wildman–Crippen MR) is 66.9 cm³/mol. The number of hydrogen-bond donors (Lipinski definition) is 1. The average molecular weight is 234 g/mol. The lowest BCUT2D eigenvalue weighted by Crippen LogP contribution is -2.13. The molecule has 2 N–H and O–H groups in total. The van der Waals surface area contributed by atoms with Crippen LogP contribution in [0.3, 0.4) is 0 Å². The number of hydrogen-bond acceptors (Lipinski definition) is 4. The number of para-hydroxylation sites is 1. The van der Waals surface area contributed by atoms with E-state index in [1.54, 1.807) is 7.11 Å². The van der Waals surface area contributed by atoms with Gasteiger partial charge in [0.2, 0.25) is 5.89 Å². The van der Waals surface area contributed by atoms with Gasteiger partial charge >= 0.3 is 0 Å². The number of rotatable bonds is 4. The first-order chi connectivity index (χ1) is 8.11. The van der Waals surface area contributed by atoms with Gasteiger partial charge in [0.05, 0.1) is 13.2 Å². The Hall–Kier alpha value is -1.55. The Balaban J connectivity index is 2.37. The number of aromatic nitrogens is 1. The van der Waals surface area contributed by atoms with E-state index < -0.39 is 0 Å². The first kappa shape index (κ1) is 11.9. The number of benzene rings is 1. The van der Waals surface area contributed by atoms with Gasteiger partial charge in [0.25, 0.3) is 0 Å². The van der Waals surface area contributed by atoms with E-state index in [4.69, 9.17) is 14.9 Å². The van der Waals surface area contributed by atoms with E-state index >= 15 is 0 Å². The number of methoxy groups -OCH3 is 1. The van der Waals surface area contributed by atoms with Gasteiger partial charge in [-0.05, 0) is 24.5 Å². The van der Waals surface area contributed by atoms with E-state index in [0.29, 0.717) is 17.6 Å². The highest BCUT2D eigenvalue weighted by Gasteiger charge is 2.17. The molecule has 0 aliphatic rings. The molecule has 1 unspecified atom stereocenters. The maximum atomic E-state index is 6.05. The van der Waals surface area contributed by atoms with E-state index in [9.17, 15) is 0 Å². The molecule has 0 bridgehead atoms. The van der Waals surface area contributed by atoms with E-state index in [1.807, 2.05) is 18.2 Å². The highest BCUT2D eigenvalue weighted by molar-refractivity contribution is 5.79. The molecule has 0 saturated carbocycles. The lowest BCUT2D eigenvalue weighted by molar-refractivity contribution is 0.417. The molecule has 0 fully saturated rings. The summed E-state index contributed by atoms with van der Waals surface area (Å²) in [4.78, 5) is 4.42. The second-order valence-electron chi connectivity index (χ2n) is 4.60. The van der Waals surface area contributed by atoms with Crippen molar-refractivity contribution in [3.63, 3.8) is 0 Å². The Morgan fingerprint density at radius 1 is 1.41 bits per heavy atom. The molecule has 1 atom stereocenters. The van der Waals surface area contributed by atoms with Crippen molar-refractivity contribution in [3.05, 3.63) is 24.1 Å². The summed E-state index contributed by atoms with van der Waals surface area (Å²) in [6.45, 7) is 4.26. The first-order valence-electron chi connectivity index (χ1n) is 5.81. The third-order valence-electron chi connectivity index (χ3n) is 2.66. The molecule has 2 rings (SSSR count). The molecular formula is C13H18N2O2. The number of nitrogens with zero attached hydrogens (tertiary/aromatic N) is 1. The first-order valence-corrected chi connectivity index (χ1v) is 5.81. The summed E-state index contributed by atoms with van der Waals surface area (Å²) < 4.78 is 10.9. The topological polar surface area (TPSA) is 61.3 Å². The van der Waals surface area contributed by atoms with Crippen LogP contribution < -0.4 is 10.5 Å². The predicted octanol–water partition coefficient (Wildman–Crippen LogP) is 2.88. The van der Waals surface area contributed by atoms with Crippen LogP contribution >= 0.6 is 0 Å². The average Bonchev–Trinajstić information content (AvgIpc) is 2.71. The normalized spacial score (nSPS) is 13.2. The van der Waals surface area contributed by atoms with Crippen molar-refractivity contribution in [2.75, 3.05) is 7.11 Å². The van der Waals surface area contributed by atoms with E-state index in [2.05, 4.69) is 18.8 Å². The van der Waals surface area contributed by atoms with Crippen molar-refractivity contribution in [3.8, 4) is 5.75 Å². The summed E-state index contributed by atoms with van der Waals surface area (Å²) in [5.74, 6) is 1.81. The lowest BCUT2D eigenvalue weighted by atomic mass is 10.0. The zero-order chi connectivity index (χ0) is 12.4. The van der Waals surface area contributed by atoms with Gasteiger partial charge in [0.1, 0.15) is 5.75 Å². The summed E-state index contributed by atoms with van der Waals surface area (Å²) in [5.41, 5.74) is 7.52. The van der Waals surface area contributed by atoms with Crippen molar-refractivity contribution >= 4 is 11.1 Å². The fourth-order valence-corrected chi connectivity index (χ4v) is 1.87. The highest BCUT2D eigenvalue weighted by atomic mass is 16.5. The Kier molecular flexibility index (Phi) is 3.33. The third kappa shape index (κ3) is 2.42. The van der Waals surface area contributed by atoms with Crippen LogP contribution in [0.15, 0.2) is 22.6 Å². The summed E-state index contributed by atoms with van der Waals surface area (Å²) in [7, 11) is 1.62. The van der Waals surface area contributed by atoms with Crippen molar-refractivity contribution in [2.45, 2.75) is 26.3 Å². The molecule has 92 valence electrons. The Bertz CT molecular complexity index is 505. The maximum absolute atomic E-state index is 6.05. The van der Waals surface area contributed by atoms with Gasteiger partial charge in [-0.2, -0.15) is 0 Å². The monoisotopic (exact) mass is 234 g/mol. The molecule has 1 aromatic heterocycles. The Morgan fingerprint density at radius 3 is 2.82 bits per heavy atom. The Morgan fingerprint density at radius 2 is 2.18 bits per heavy atom. The Labute approximate surface area is 101 Å². The van der Waals surface area contributed by atoms with Crippen molar-refractivity contribution < 1.29 is 9.15 Å². The number of ether oxygens (including phenoxy) is 1. The minimum Gasteiger partial charge on any atom is -0.494 e. The molecule has 0 spiro atoms. The van der Waals surface area contributed by atoms with Gasteiger partial charge in [-0.1, -0.05) is 19.9 Å².